The molecule has 0 saturated carbocycles. The van der Waals surface area contributed by atoms with Crippen LogP contribution in [0.25, 0.3) is 77.6 Å². The predicted octanol–water partition coefficient (Wildman–Crippen LogP) is 17.8. The van der Waals surface area contributed by atoms with E-state index >= 15 is 0 Å². The van der Waals surface area contributed by atoms with E-state index < -0.39 is 8.07 Å². The second-order valence-electron chi connectivity index (χ2n) is 20.4. The maximum Gasteiger partial charge on any atom is 0.144 e. The minimum absolute atomic E-state index is 0. The predicted molar refractivity (Wildman–Crippen MR) is 303 cm³/mol. The SMILES string of the molecule is CC(C)Cc1cc(-c2ccccc2)ncc1[Si](C)(C)C.CC(C)Cc1ccnc(-c2ccccc2)c1.CCC(CC)c1ccnc(-c2cccc3c2oc2c(-c4cccc5ccccc45)cccc23)c1.[Ir]. The molecular formula is C65H69IrN3OSi. The van der Waals surface area contributed by atoms with Crippen LogP contribution in [0.4, 0.5) is 0 Å². The van der Waals surface area contributed by atoms with Crippen molar-refractivity contribution in [3.8, 4) is 44.9 Å². The number of nitrogens with zero attached hydrogens (tertiary/aromatic N) is 3. The molecule has 0 spiro atoms. The number of furan rings is 1. The summed E-state index contributed by atoms with van der Waals surface area (Å²) in [6, 6.07) is 59.6. The van der Waals surface area contributed by atoms with E-state index in [1.807, 2.05) is 30.6 Å². The summed E-state index contributed by atoms with van der Waals surface area (Å²) < 4.78 is 6.69. The van der Waals surface area contributed by atoms with E-state index in [-0.39, 0.29) is 20.1 Å². The topological polar surface area (TPSA) is 51.8 Å². The summed E-state index contributed by atoms with van der Waals surface area (Å²) in [4.78, 5) is 13.9. The van der Waals surface area contributed by atoms with Crippen LogP contribution < -0.4 is 5.19 Å². The molecule has 4 aromatic heterocycles. The molecule has 0 amide bonds. The van der Waals surface area contributed by atoms with Crippen LogP contribution in [0.1, 0.15) is 77.0 Å². The van der Waals surface area contributed by atoms with Crippen LogP contribution in [0, 0.1) is 11.8 Å². The van der Waals surface area contributed by atoms with Crippen LogP contribution in [0.5, 0.6) is 0 Å². The van der Waals surface area contributed by atoms with E-state index in [1.165, 1.54) is 49.3 Å². The molecule has 1 radical (unpaired) electrons. The summed E-state index contributed by atoms with van der Waals surface area (Å²) in [5.74, 6) is 1.91. The van der Waals surface area contributed by atoms with Gasteiger partial charge in [0.25, 0.3) is 0 Å². The number of rotatable bonds is 12. The molecule has 6 heteroatoms. The van der Waals surface area contributed by atoms with Crippen molar-refractivity contribution in [2.24, 2.45) is 11.8 Å². The van der Waals surface area contributed by atoms with E-state index in [2.05, 4.69) is 224 Å². The number of pyridine rings is 3. The van der Waals surface area contributed by atoms with E-state index in [0.29, 0.717) is 17.8 Å². The van der Waals surface area contributed by atoms with Gasteiger partial charge in [-0.05, 0) is 118 Å². The molecule has 0 saturated heterocycles. The van der Waals surface area contributed by atoms with Crippen LogP contribution in [-0.4, -0.2) is 23.0 Å². The molecule has 6 aromatic carbocycles. The number of hydrogen-bond acceptors (Lipinski definition) is 4. The third kappa shape index (κ3) is 12.8. The van der Waals surface area contributed by atoms with Crippen LogP contribution >= 0.6 is 0 Å². The third-order valence-corrected chi connectivity index (χ3v) is 15.2. The fourth-order valence-corrected chi connectivity index (χ4v) is 11.3. The summed E-state index contributed by atoms with van der Waals surface area (Å²) in [7, 11) is -1.33. The largest absolute Gasteiger partial charge is 0.455 e. The first-order valence-corrected chi connectivity index (χ1v) is 28.9. The summed E-state index contributed by atoms with van der Waals surface area (Å²) >= 11 is 0. The van der Waals surface area contributed by atoms with Crippen molar-refractivity contribution in [3.63, 3.8) is 0 Å². The molecule has 0 N–H and O–H groups in total. The maximum absolute atomic E-state index is 6.69. The van der Waals surface area contributed by atoms with Crippen molar-refractivity contribution in [1.29, 1.82) is 0 Å². The van der Waals surface area contributed by atoms with E-state index in [1.54, 1.807) is 0 Å². The molecule has 4 heterocycles. The molecular weight excluding hydrogens is 1060 g/mol. The zero-order chi connectivity index (χ0) is 49.2. The van der Waals surface area contributed by atoms with Gasteiger partial charge in [-0.2, -0.15) is 0 Å². The van der Waals surface area contributed by atoms with Crippen molar-refractivity contribution < 1.29 is 24.5 Å². The van der Waals surface area contributed by atoms with Crippen molar-refractivity contribution in [2.75, 3.05) is 0 Å². The van der Waals surface area contributed by atoms with Gasteiger partial charge in [-0.3, -0.25) is 15.0 Å². The van der Waals surface area contributed by atoms with E-state index in [0.717, 1.165) is 75.8 Å². The van der Waals surface area contributed by atoms with Gasteiger partial charge in [0, 0.05) is 71.7 Å². The summed E-state index contributed by atoms with van der Waals surface area (Å²) in [6.07, 6.45) is 10.5. The van der Waals surface area contributed by atoms with Gasteiger partial charge in [0.1, 0.15) is 11.2 Å². The zero-order valence-corrected chi connectivity index (χ0v) is 46.4. The van der Waals surface area contributed by atoms with Crippen LogP contribution in [0.3, 0.4) is 0 Å². The molecule has 0 atom stereocenters. The van der Waals surface area contributed by atoms with E-state index in [4.69, 9.17) is 14.4 Å². The first kappa shape index (κ1) is 52.5. The van der Waals surface area contributed by atoms with Gasteiger partial charge in [-0.15, -0.1) is 0 Å². The molecule has 363 valence electrons. The Hall–Kier alpha value is -6.30. The Morgan fingerprint density at radius 1 is 0.479 bits per heavy atom. The average Bonchev–Trinajstić information content (AvgIpc) is 3.76. The first-order valence-electron chi connectivity index (χ1n) is 25.4. The summed E-state index contributed by atoms with van der Waals surface area (Å²) in [6.45, 7) is 20.8. The monoisotopic (exact) mass is 1130 g/mol. The van der Waals surface area contributed by atoms with Crippen LogP contribution in [0.15, 0.2) is 193 Å². The van der Waals surface area contributed by atoms with Crippen LogP contribution in [0.2, 0.25) is 19.6 Å². The van der Waals surface area contributed by atoms with Crippen molar-refractivity contribution in [2.45, 2.75) is 92.8 Å². The van der Waals surface area contributed by atoms with Gasteiger partial charge in [-0.1, -0.05) is 195 Å². The second kappa shape index (κ2) is 24.2. The molecule has 71 heavy (non-hydrogen) atoms. The van der Waals surface area contributed by atoms with Crippen LogP contribution in [-0.2, 0) is 32.9 Å². The number of aromatic nitrogens is 3. The van der Waals surface area contributed by atoms with Crippen molar-refractivity contribution >= 4 is 46.0 Å². The Kier molecular flexibility index (Phi) is 17.9. The van der Waals surface area contributed by atoms with Gasteiger partial charge in [0.15, 0.2) is 0 Å². The number of para-hydroxylation sites is 2. The molecule has 0 aliphatic heterocycles. The number of fused-ring (bicyclic) bond motifs is 4. The van der Waals surface area contributed by atoms with Gasteiger partial charge in [0.05, 0.1) is 25.2 Å². The minimum atomic E-state index is -1.33. The van der Waals surface area contributed by atoms with Gasteiger partial charge in [0.2, 0.25) is 0 Å². The molecule has 10 rings (SSSR count). The summed E-state index contributed by atoms with van der Waals surface area (Å²) in [5.41, 5.74) is 14.9. The van der Waals surface area contributed by atoms with Crippen molar-refractivity contribution in [3.05, 3.63) is 205 Å². The fraction of sp³-hybridized carbons (Fsp3) is 0.246. The van der Waals surface area contributed by atoms with Gasteiger partial charge in [-0.25, -0.2) is 0 Å². The maximum atomic E-state index is 6.69. The Morgan fingerprint density at radius 2 is 1.00 bits per heavy atom. The van der Waals surface area contributed by atoms with Gasteiger partial charge < -0.3 is 4.42 Å². The van der Waals surface area contributed by atoms with Gasteiger partial charge >= 0.3 is 0 Å². The Labute approximate surface area is 437 Å². The Bertz CT molecular complexity index is 3290. The molecule has 0 fully saturated rings. The fourth-order valence-electron chi connectivity index (χ4n) is 9.69. The Balaban J connectivity index is 0.000000171. The zero-order valence-electron chi connectivity index (χ0n) is 43.0. The molecule has 0 bridgehead atoms. The quantitative estimate of drug-likeness (QED) is 0.114. The molecule has 0 unspecified atom stereocenters. The Morgan fingerprint density at radius 3 is 1.63 bits per heavy atom. The third-order valence-electron chi connectivity index (χ3n) is 13.2. The first-order chi connectivity index (χ1) is 33.9. The van der Waals surface area contributed by atoms with E-state index in [9.17, 15) is 0 Å². The van der Waals surface area contributed by atoms with Crippen molar-refractivity contribution in [1.82, 2.24) is 15.0 Å². The molecule has 4 nitrogen and oxygen atoms in total. The molecule has 10 aromatic rings. The summed E-state index contributed by atoms with van der Waals surface area (Å²) in [5, 5.41) is 6.24. The minimum Gasteiger partial charge on any atom is -0.455 e. The second-order valence-corrected chi connectivity index (χ2v) is 25.5. The standard InChI is InChI=1S/C32H27NO.C18H25NSi.C15H17N.Ir/c1-3-21(4-2)23-18-19-33-30(20-23)29-17-9-16-28-27-15-8-14-26(31(27)34-32(28)29)25-13-7-11-22-10-5-6-12-24(22)25;1-14(2)11-16-12-17(15-9-7-6-8-10-15)19-13-18(16)20(3,4)5;1-12(2)10-13-8-9-16-15(11-13)14-6-4-3-5-7-14;/h5-21H,3-4H2,1-2H3;6-10,12-14H,11H2,1-5H3;3-9,11-12H,10H2,1-2H3;. The number of benzene rings is 6. The smallest absolute Gasteiger partial charge is 0.144 e. The average molecular weight is 1130 g/mol. The molecule has 0 aliphatic carbocycles. The normalized spacial score (nSPS) is 11.4. The molecule has 0 aliphatic rings. The number of hydrogen-bond donors (Lipinski definition) is 0.